The van der Waals surface area contributed by atoms with E-state index in [9.17, 15) is 4.79 Å². The monoisotopic (exact) mass is 304 g/mol. The Balaban J connectivity index is 1.31. The summed E-state index contributed by atoms with van der Waals surface area (Å²) in [7, 11) is 0. The van der Waals surface area contributed by atoms with E-state index in [0.29, 0.717) is 18.0 Å². The van der Waals surface area contributed by atoms with Gasteiger partial charge in [0.25, 0.3) is 5.91 Å². The number of rotatable bonds is 5. The van der Waals surface area contributed by atoms with Crippen molar-refractivity contribution >= 4 is 17.2 Å². The molecule has 4 rings (SSSR count). The lowest BCUT2D eigenvalue weighted by Crippen LogP contribution is -2.37. The Labute approximate surface area is 130 Å². The van der Waals surface area contributed by atoms with E-state index in [1.54, 1.807) is 11.3 Å². The van der Waals surface area contributed by atoms with E-state index in [-0.39, 0.29) is 5.91 Å². The molecule has 0 saturated heterocycles. The Hall–Kier alpha value is -0.870. The van der Waals surface area contributed by atoms with Crippen LogP contribution in [0.5, 0.6) is 0 Å². The minimum Gasteiger partial charge on any atom is -0.349 e. The lowest BCUT2D eigenvalue weighted by Gasteiger charge is -2.26. The van der Waals surface area contributed by atoms with Crippen LogP contribution < -0.4 is 10.6 Å². The van der Waals surface area contributed by atoms with Gasteiger partial charge in [-0.1, -0.05) is 19.3 Å². The topological polar surface area (TPSA) is 41.1 Å². The van der Waals surface area contributed by atoms with E-state index in [1.165, 1.54) is 43.4 Å². The molecule has 2 N–H and O–H groups in total. The summed E-state index contributed by atoms with van der Waals surface area (Å²) >= 11 is 1.76. The molecule has 3 fully saturated rings. The Morgan fingerprint density at radius 3 is 2.57 bits per heavy atom. The number of carbonyl (C=O) groups excluding carboxylic acids is 1. The van der Waals surface area contributed by atoms with Gasteiger partial charge in [-0.3, -0.25) is 4.79 Å². The van der Waals surface area contributed by atoms with Crippen LogP contribution in [-0.2, 0) is 0 Å². The van der Waals surface area contributed by atoms with Crippen LogP contribution in [0.15, 0.2) is 11.4 Å². The molecule has 1 amide bonds. The highest BCUT2D eigenvalue weighted by molar-refractivity contribution is 7.10. The maximum Gasteiger partial charge on any atom is 0.252 e. The second-order valence-electron chi connectivity index (χ2n) is 6.94. The van der Waals surface area contributed by atoms with E-state index in [1.807, 2.05) is 5.38 Å². The fourth-order valence-electron chi connectivity index (χ4n) is 3.58. The van der Waals surface area contributed by atoms with Crippen molar-refractivity contribution in [2.45, 2.75) is 75.4 Å². The van der Waals surface area contributed by atoms with Crippen molar-refractivity contribution in [3.63, 3.8) is 0 Å². The average molecular weight is 304 g/mol. The van der Waals surface area contributed by atoms with Crippen molar-refractivity contribution in [3.05, 3.63) is 21.9 Å². The first-order valence-electron chi connectivity index (χ1n) is 8.45. The minimum atomic E-state index is 0.133. The second-order valence-corrected chi connectivity index (χ2v) is 7.88. The third kappa shape index (κ3) is 3.02. The summed E-state index contributed by atoms with van der Waals surface area (Å²) in [5.74, 6) is 0.789. The molecular formula is C17H24N2OS. The summed E-state index contributed by atoms with van der Waals surface area (Å²) < 4.78 is 0. The van der Waals surface area contributed by atoms with Crippen LogP contribution in [0, 0.1) is 0 Å². The number of carbonyl (C=O) groups is 1. The van der Waals surface area contributed by atoms with Gasteiger partial charge in [-0.15, -0.1) is 11.3 Å². The summed E-state index contributed by atoms with van der Waals surface area (Å²) in [5.41, 5.74) is 0.871. The molecule has 4 heteroatoms. The van der Waals surface area contributed by atoms with Crippen molar-refractivity contribution in [2.24, 2.45) is 0 Å². The largest absolute Gasteiger partial charge is 0.349 e. The molecule has 114 valence electrons. The van der Waals surface area contributed by atoms with Crippen molar-refractivity contribution in [1.29, 1.82) is 0 Å². The van der Waals surface area contributed by atoms with Gasteiger partial charge >= 0.3 is 0 Å². The third-order valence-corrected chi connectivity index (χ3v) is 6.35. The highest BCUT2D eigenvalue weighted by Crippen LogP contribution is 2.44. The molecular weight excluding hydrogens is 280 g/mol. The quantitative estimate of drug-likeness (QED) is 0.875. The van der Waals surface area contributed by atoms with Gasteiger partial charge in [0.05, 0.1) is 5.56 Å². The molecule has 0 aliphatic heterocycles. The van der Waals surface area contributed by atoms with E-state index in [0.717, 1.165) is 24.4 Å². The molecule has 1 aromatic heterocycles. The van der Waals surface area contributed by atoms with E-state index < -0.39 is 0 Å². The van der Waals surface area contributed by atoms with Gasteiger partial charge in [0.15, 0.2) is 0 Å². The maximum atomic E-state index is 12.3. The minimum absolute atomic E-state index is 0.133. The van der Waals surface area contributed by atoms with Gasteiger partial charge in [-0.2, -0.15) is 0 Å². The molecule has 3 nitrogen and oxygen atoms in total. The fourth-order valence-corrected chi connectivity index (χ4v) is 4.64. The molecule has 0 spiro atoms. The Morgan fingerprint density at radius 2 is 1.86 bits per heavy atom. The van der Waals surface area contributed by atoms with Crippen LogP contribution >= 0.6 is 11.3 Å². The first-order valence-corrected chi connectivity index (χ1v) is 9.33. The average Bonchev–Trinajstić information content (AvgIpc) is 2.86. The molecule has 0 radical (unpaired) electrons. The summed E-state index contributed by atoms with van der Waals surface area (Å²) in [6.07, 6.45) is 10.2. The second kappa shape index (κ2) is 5.73. The molecule has 0 unspecified atom stereocenters. The van der Waals surface area contributed by atoms with Crippen molar-refractivity contribution in [2.75, 3.05) is 0 Å². The molecule has 2 atom stereocenters. The predicted molar refractivity (Wildman–Crippen MR) is 86.0 cm³/mol. The predicted octanol–water partition coefficient (Wildman–Crippen LogP) is 3.42. The van der Waals surface area contributed by atoms with Gasteiger partial charge in [-0.25, -0.2) is 0 Å². The lowest BCUT2D eigenvalue weighted by atomic mass is 9.93. The molecule has 0 aromatic carbocycles. The normalized spacial score (nSPS) is 29.3. The van der Waals surface area contributed by atoms with Gasteiger partial charge < -0.3 is 10.6 Å². The number of thiophene rings is 1. The summed E-state index contributed by atoms with van der Waals surface area (Å²) in [5, 5.41) is 8.96. The summed E-state index contributed by atoms with van der Waals surface area (Å²) in [6.45, 7) is 0. The summed E-state index contributed by atoms with van der Waals surface area (Å²) in [6, 6.07) is 3.97. The molecule has 1 aromatic rings. The molecule has 21 heavy (non-hydrogen) atoms. The molecule has 3 aliphatic carbocycles. The molecule has 3 aliphatic rings. The fraction of sp³-hybridized carbons (Fsp3) is 0.706. The van der Waals surface area contributed by atoms with E-state index >= 15 is 0 Å². The smallest absolute Gasteiger partial charge is 0.252 e. The zero-order valence-electron chi connectivity index (χ0n) is 12.4. The van der Waals surface area contributed by atoms with Crippen molar-refractivity contribution in [1.82, 2.24) is 10.6 Å². The van der Waals surface area contributed by atoms with E-state index in [4.69, 9.17) is 0 Å². The first kappa shape index (κ1) is 13.8. The van der Waals surface area contributed by atoms with Crippen LogP contribution in [0.4, 0.5) is 0 Å². The van der Waals surface area contributed by atoms with Gasteiger partial charge in [0, 0.05) is 34.3 Å². The molecule has 0 bridgehead atoms. The highest BCUT2D eigenvalue weighted by Gasteiger charge is 2.41. The van der Waals surface area contributed by atoms with Crippen molar-refractivity contribution < 1.29 is 4.79 Å². The zero-order valence-corrected chi connectivity index (χ0v) is 13.3. The van der Waals surface area contributed by atoms with E-state index in [2.05, 4.69) is 16.7 Å². The highest BCUT2D eigenvalue weighted by atomic mass is 32.1. The third-order valence-electron chi connectivity index (χ3n) is 5.28. The standard InChI is InChI=1S/C17H24N2OS/c20-17(19-13-4-1-2-5-13)11-8-16(21-10-11)14-9-15(14)18-12-6-3-7-12/h8,10,12-15,18H,1-7,9H2,(H,19,20)/t14-,15+/m0/s1. The Bertz CT molecular complexity index is 517. The van der Waals surface area contributed by atoms with Crippen LogP contribution in [-0.4, -0.2) is 24.0 Å². The van der Waals surface area contributed by atoms with Gasteiger partial charge in [0.1, 0.15) is 0 Å². The number of hydrogen-bond donors (Lipinski definition) is 2. The van der Waals surface area contributed by atoms with Gasteiger partial charge in [-0.05, 0) is 38.2 Å². The summed E-state index contributed by atoms with van der Waals surface area (Å²) in [4.78, 5) is 13.6. The van der Waals surface area contributed by atoms with Crippen molar-refractivity contribution in [3.8, 4) is 0 Å². The van der Waals surface area contributed by atoms with Crippen LogP contribution in [0.3, 0.4) is 0 Å². The Morgan fingerprint density at radius 1 is 1.10 bits per heavy atom. The lowest BCUT2D eigenvalue weighted by molar-refractivity contribution is 0.0938. The number of hydrogen-bond acceptors (Lipinski definition) is 3. The Kier molecular flexibility index (Phi) is 3.76. The van der Waals surface area contributed by atoms with Crippen LogP contribution in [0.1, 0.15) is 72.5 Å². The molecule has 3 saturated carbocycles. The zero-order chi connectivity index (χ0) is 14.2. The maximum absolute atomic E-state index is 12.3. The van der Waals surface area contributed by atoms with Crippen LogP contribution in [0.25, 0.3) is 0 Å². The molecule has 1 heterocycles. The number of nitrogens with one attached hydrogen (secondary N) is 2. The number of amides is 1. The van der Waals surface area contributed by atoms with Gasteiger partial charge in [0.2, 0.25) is 0 Å². The first-order chi connectivity index (χ1) is 10.3. The van der Waals surface area contributed by atoms with Crippen LogP contribution in [0.2, 0.25) is 0 Å². The SMILES string of the molecule is O=C(NC1CCCC1)c1csc([C@H]2C[C@H]2NC2CCC2)c1.